The smallest absolute Gasteiger partial charge is 0.273 e. The molecule has 1 fully saturated rings. The largest absolute Gasteiger partial charge is 0.496 e. The van der Waals surface area contributed by atoms with Crippen LogP contribution in [0.2, 0.25) is 0 Å². The van der Waals surface area contributed by atoms with E-state index in [4.69, 9.17) is 4.74 Å². The average molecular weight is 394 g/mol. The first-order valence-corrected chi connectivity index (χ1v) is 10.4. The summed E-state index contributed by atoms with van der Waals surface area (Å²) in [5.74, 6) is 1.25. The Hall–Kier alpha value is -2.10. The van der Waals surface area contributed by atoms with Crippen LogP contribution in [0.15, 0.2) is 47.4 Å². The van der Waals surface area contributed by atoms with Crippen molar-refractivity contribution in [3.05, 3.63) is 63.7 Å². The van der Waals surface area contributed by atoms with E-state index in [2.05, 4.69) is 0 Å². The highest BCUT2D eigenvalue weighted by Gasteiger charge is 2.38. The van der Waals surface area contributed by atoms with Crippen molar-refractivity contribution in [3.8, 4) is 5.75 Å². The molecule has 1 aliphatic heterocycles. The Morgan fingerprint density at radius 3 is 2.69 bits per heavy atom. The molecule has 0 aromatic heterocycles. The van der Waals surface area contributed by atoms with Gasteiger partial charge in [-0.2, -0.15) is 4.31 Å². The lowest BCUT2D eigenvalue weighted by Crippen LogP contribution is -2.30. The minimum atomic E-state index is -3.88. The summed E-state index contributed by atoms with van der Waals surface area (Å²) in [7, 11) is -2.34. The first-order valence-electron chi connectivity index (χ1n) is 7.87. The topological polar surface area (TPSA) is 89.8 Å². The number of ether oxygens (including phenoxy) is 1. The third-order valence-corrected chi connectivity index (χ3v) is 7.47. The van der Waals surface area contributed by atoms with Gasteiger partial charge in [-0.05, 0) is 19.1 Å². The van der Waals surface area contributed by atoms with E-state index in [-0.39, 0.29) is 10.6 Å². The van der Waals surface area contributed by atoms with Gasteiger partial charge < -0.3 is 4.74 Å². The predicted molar refractivity (Wildman–Crippen MR) is 99.9 cm³/mol. The zero-order valence-electron chi connectivity index (χ0n) is 14.3. The summed E-state index contributed by atoms with van der Waals surface area (Å²) in [5, 5.41) is 10.7. The number of hydrogen-bond acceptors (Lipinski definition) is 6. The molecule has 2 aromatic carbocycles. The lowest BCUT2D eigenvalue weighted by molar-refractivity contribution is -0.385. The fourth-order valence-electron chi connectivity index (χ4n) is 2.90. The lowest BCUT2D eigenvalue weighted by atomic mass is 10.2. The van der Waals surface area contributed by atoms with Crippen molar-refractivity contribution in [2.45, 2.75) is 17.2 Å². The maximum Gasteiger partial charge on any atom is 0.273 e. The number of sulfonamides is 1. The number of benzene rings is 2. The summed E-state index contributed by atoms with van der Waals surface area (Å²) < 4.78 is 33.1. The van der Waals surface area contributed by atoms with Crippen LogP contribution in [0.4, 0.5) is 5.69 Å². The van der Waals surface area contributed by atoms with Gasteiger partial charge in [-0.3, -0.25) is 10.1 Å². The number of nitro benzene ring substituents is 1. The van der Waals surface area contributed by atoms with Gasteiger partial charge in [0.25, 0.3) is 5.69 Å². The molecule has 0 radical (unpaired) electrons. The summed E-state index contributed by atoms with van der Waals surface area (Å²) in [6.45, 7) is 1.91. The second-order valence-electron chi connectivity index (χ2n) is 5.79. The van der Waals surface area contributed by atoms with Gasteiger partial charge in [-0.15, -0.1) is 11.8 Å². The first-order chi connectivity index (χ1) is 12.4. The van der Waals surface area contributed by atoms with E-state index in [1.165, 1.54) is 28.2 Å². The minimum absolute atomic E-state index is 0.0720. The Balaban J connectivity index is 2.04. The van der Waals surface area contributed by atoms with Gasteiger partial charge >= 0.3 is 0 Å². The second kappa shape index (κ2) is 7.26. The standard InChI is InChI=1S/C17H18N2O5S2/c1-12-7-8-13(11-15(12)19(20)21)26(22,23)18-9-10-25-17(18)14-5-3-4-6-16(14)24-2/h3-8,11,17H,9-10H2,1-2H3/t17-/m1/s1. The molecule has 138 valence electrons. The van der Waals surface area contributed by atoms with E-state index in [9.17, 15) is 18.5 Å². The molecule has 9 heteroatoms. The Kier molecular flexibility index (Phi) is 5.22. The number of hydrogen-bond donors (Lipinski definition) is 0. The van der Waals surface area contributed by atoms with Crippen LogP contribution < -0.4 is 4.74 Å². The van der Waals surface area contributed by atoms with Gasteiger partial charge in [0.05, 0.1) is 22.3 Å². The van der Waals surface area contributed by atoms with Crippen LogP contribution >= 0.6 is 11.8 Å². The van der Waals surface area contributed by atoms with E-state index < -0.39 is 20.3 Å². The van der Waals surface area contributed by atoms with E-state index in [0.29, 0.717) is 23.6 Å². The van der Waals surface area contributed by atoms with Gasteiger partial charge in [0.15, 0.2) is 0 Å². The van der Waals surface area contributed by atoms with E-state index in [1.807, 2.05) is 18.2 Å². The molecule has 0 aliphatic carbocycles. The van der Waals surface area contributed by atoms with Gasteiger partial charge in [0, 0.05) is 29.5 Å². The highest BCUT2D eigenvalue weighted by Crippen LogP contribution is 2.44. The quantitative estimate of drug-likeness (QED) is 0.571. The average Bonchev–Trinajstić information content (AvgIpc) is 3.12. The van der Waals surface area contributed by atoms with E-state index in [1.54, 1.807) is 20.1 Å². The summed E-state index contributed by atoms with van der Waals surface area (Å²) in [4.78, 5) is 10.5. The maximum atomic E-state index is 13.2. The second-order valence-corrected chi connectivity index (χ2v) is 8.86. The molecule has 0 N–H and O–H groups in total. The molecular formula is C17H18N2O5S2. The van der Waals surface area contributed by atoms with Crippen molar-refractivity contribution < 1.29 is 18.1 Å². The third kappa shape index (κ3) is 3.29. The van der Waals surface area contributed by atoms with Crippen LogP contribution in [0.5, 0.6) is 5.75 Å². The van der Waals surface area contributed by atoms with Crippen LogP contribution in [0, 0.1) is 17.0 Å². The number of rotatable bonds is 5. The number of nitro groups is 1. The molecule has 0 amide bonds. The molecule has 1 saturated heterocycles. The number of nitrogens with zero attached hydrogens (tertiary/aromatic N) is 2. The van der Waals surface area contributed by atoms with Crippen molar-refractivity contribution >= 4 is 27.5 Å². The van der Waals surface area contributed by atoms with Crippen molar-refractivity contribution in [3.63, 3.8) is 0 Å². The number of para-hydroxylation sites is 1. The SMILES string of the molecule is COc1ccccc1[C@H]1SCCN1S(=O)(=O)c1ccc(C)c([N+](=O)[O-])c1. The summed E-state index contributed by atoms with van der Waals surface area (Å²) in [6, 6.07) is 11.3. The van der Waals surface area contributed by atoms with Crippen LogP contribution in [-0.2, 0) is 10.0 Å². The van der Waals surface area contributed by atoms with Crippen LogP contribution in [0.3, 0.4) is 0 Å². The van der Waals surface area contributed by atoms with Gasteiger partial charge in [0.1, 0.15) is 5.75 Å². The Morgan fingerprint density at radius 2 is 2.00 bits per heavy atom. The van der Waals surface area contributed by atoms with Crippen molar-refractivity contribution in [1.82, 2.24) is 4.31 Å². The number of aryl methyl sites for hydroxylation is 1. The summed E-state index contributed by atoms with van der Waals surface area (Å²) >= 11 is 1.50. The van der Waals surface area contributed by atoms with Gasteiger partial charge in [-0.1, -0.05) is 24.3 Å². The first kappa shape index (κ1) is 18.7. The zero-order valence-corrected chi connectivity index (χ0v) is 15.9. The van der Waals surface area contributed by atoms with Crippen molar-refractivity contribution in [2.24, 2.45) is 0 Å². The molecule has 0 unspecified atom stereocenters. The lowest BCUT2D eigenvalue weighted by Gasteiger charge is -2.24. The van der Waals surface area contributed by atoms with Crippen molar-refractivity contribution in [2.75, 3.05) is 19.4 Å². The molecule has 0 bridgehead atoms. The molecule has 0 spiro atoms. The van der Waals surface area contributed by atoms with Crippen LogP contribution in [0.1, 0.15) is 16.5 Å². The number of methoxy groups -OCH3 is 1. The van der Waals surface area contributed by atoms with Crippen molar-refractivity contribution in [1.29, 1.82) is 0 Å². The molecule has 3 rings (SSSR count). The fraction of sp³-hybridized carbons (Fsp3) is 0.294. The molecular weight excluding hydrogens is 376 g/mol. The maximum absolute atomic E-state index is 13.2. The highest BCUT2D eigenvalue weighted by atomic mass is 32.2. The summed E-state index contributed by atoms with van der Waals surface area (Å²) in [5.41, 5.74) is 0.987. The Morgan fingerprint density at radius 1 is 1.27 bits per heavy atom. The Labute approximate surface area is 156 Å². The van der Waals surface area contributed by atoms with Gasteiger partial charge in [-0.25, -0.2) is 8.42 Å². The molecule has 1 atom stereocenters. The predicted octanol–water partition coefficient (Wildman–Crippen LogP) is 3.35. The van der Waals surface area contributed by atoms with E-state index >= 15 is 0 Å². The molecule has 1 aliphatic rings. The monoisotopic (exact) mass is 394 g/mol. The zero-order chi connectivity index (χ0) is 18.9. The molecule has 2 aromatic rings. The number of thioether (sulfide) groups is 1. The van der Waals surface area contributed by atoms with Crippen LogP contribution in [0.25, 0.3) is 0 Å². The third-order valence-electron chi connectivity index (χ3n) is 4.24. The fourth-order valence-corrected chi connectivity index (χ4v) is 6.18. The minimum Gasteiger partial charge on any atom is -0.496 e. The summed E-state index contributed by atoms with van der Waals surface area (Å²) in [6.07, 6.45) is 0. The molecule has 0 saturated carbocycles. The molecule has 26 heavy (non-hydrogen) atoms. The molecule has 7 nitrogen and oxygen atoms in total. The van der Waals surface area contributed by atoms with Crippen LogP contribution in [-0.4, -0.2) is 37.1 Å². The normalized spacial score (nSPS) is 18.0. The highest BCUT2D eigenvalue weighted by molar-refractivity contribution is 8.01. The molecule has 1 heterocycles. The van der Waals surface area contributed by atoms with E-state index in [0.717, 1.165) is 11.6 Å². The Bertz CT molecular complexity index is 946. The van der Waals surface area contributed by atoms with Gasteiger partial charge in [0.2, 0.25) is 10.0 Å².